The van der Waals surface area contributed by atoms with Crippen molar-refractivity contribution in [3.8, 4) is 0 Å². The zero-order chi connectivity index (χ0) is 12.3. The number of nitrogens with one attached hydrogen (secondary N) is 1. The van der Waals surface area contributed by atoms with Crippen molar-refractivity contribution in [2.75, 3.05) is 0 Å². The Balaban J connectivity index is 1.90. The molecule has 0 amide bonds. The smallest absolute Gasteiger partial charge is 0.271 e. The van der Waals surface area contributed by atoms with Gasteiger partial charge >= 0.3 is 0 Å². The number of furan rings is 1. The lowest BCUT2D eigenvalue weighted by molar-refractivity contribution is 0.402. The zero-order valence-electron chi connectivity index (χ0n) is 8.79. The van der Waals surface area contributed by atoms with Gasteiger partial charge in [-0.3, -0.25) is 0 Å². The third-order valence-electron chi connectivity index (χ3n) is 1.98. The second kappa shape index (κ2) is 4.96. The zero-order valence-corrected chi connectivity index (χ0v) is 10.4. The average Bonchev–Trinajstić information content (AvgIpc) is 2.86. The number of nitrogens with zero attached hydrogens (tertiary/aromatic N) is 1. The highest BCUT2D eigenvalue weighted by Gasteiger charge is 2.12. The van der Waals surface area contributed by atoms with Crippen molar-refractivity contribution in [3.63, 3.8) is 0 Å². The molecule has 0 aliphatic heterocycles. The van der Waals surface area contributed by atoms with Gasteiger partial charge in [-0.25, -0.2) is 18.5 Å². The van der Waals surface area contributed by atoms with E-state index < -0.39 is 10.0 Å². The molecule has 3 N–H and O–H groups in total. The van der Waals surface area contributed by atoms with Crippen LogP contribution >= 0.6 is 11.3 Å². The minimum Gasteiger partial charge on any atom is -0.447 e. The number of hydrogen-bond acceptors (Lipinski definition) is 6. The molecule has 0 spiro atoms. The quantitative estimate of drug-likeness (QED) is 0.834. The molecule has 0 saturated carbocycles. The van der Waals surface area contributed by atoms with Crippen molar-refractivity contribution in [1.82, 2.24) is 10.3 Å². The Hall–Kier alpha value is -1.22. The van der Waals surface area contributed by atoms with Gasteiger partial charge in [0.2, 0.25) is 5.09 Å². The van der Waals surface area contributed by atoms with Gasteiger partial charge in [0.25, 0.3) is 10.0 Å². The lowest BCUT2D eigenvalue weighted by atomic mass is 10.4. The highest BCUT2D eigenvalue weighted by atomic mass is 32.2. The summed E-state index contributed by atoms with van der Waals surface area (Å²) in [6.07, 6.45) is 1.73. The van der Waals surface area contributed by atoms with Crippen LogP contribution in [0.5, 0.6) is 0 Å². The Morgan fingerprint density at radius 3 is 2.82 bits per heavy atom. The molecule has 0 unspecified atom stereocenters. The van der Waals surface area contributed by atoms with Gasteiger partial charge < -0.3 is 9.73 Å². The van der Waals surface area contributed by atoms with Crippen molar-refractivity contribution in [2.45, 2.75) is 18.2 Å². The Morgan fingerprint density at radius 1 is 1.41 bits per heavy atom. The number of aromatic nitrogens is 1. The molecule has 0 aliphatic carbocycles. The summed E-state index contributed by atoms with van der Waals surface area (Å²) in [7, 11) is -3.75. The van der Waals surface area contributed by atoms with Crippen molar-refractivity contribution in [2.24, 2.45) is 5.14 Å². The van der Waals surface area contributed by atoms with Crippen LogP contribution in [0.25, 0.3) is 0 Å². The normalized spacial score (nSPS) is 11.8. The van der Waals surface area contributed by atoms with E-state index in [1.807, 2.05) is 5.38 Å². The number of rotatable bonds is 5. The second-order valence-electron chi connectivity index (χ2n) is 3.30. The molecule has 0 atom stereocenters. The van der Waals surface area contributed by atoms with Crippen LogP contribution in [0, 0.1) is 0 Å². The van der Waals surface area contributed by atoms with Crippen LogP contribution in [0.3, 0.4) is 0 Å². The molecule has 6 nitrogen and oxygen atoms in total. The largest absolute Gasteiger partial charge is 0.447 e. The van der Waals surface area contributed by atoms with Gasteiger partial charge in [-0.05, 0) is 12.1 Å². The van der Waals surface area contributed by atoms with Crippen LogP contribution in [0.1, 0.15) is 10.8 Å². The van der Waals surface area contributed by atoms with E-state index in [2.05, 4.69) is 10.3 Å². The summed E-state index contributed by atoms with van der Waals surface area (Å²) < 4.78 is 27.0. The Kier molecular flexibility index (Phi) is 3.57. The van der Waals surface area contributed by atoms with Crippen LogP contribution in [0.2, 0.25) is 0 Å². The monoisotopic (exact) mass is 273 g/mol. The molecule has 0 fully saturated rings. The first-order valence-electron chi connectivity index (χ1n) is 4.76. The van der Waals surface area contributed by atoms with E-state index in [1.54, 1.807) is 23.6 Å². The molecule has 0 radical (unpaired) electrons. The summed E-state index contributed by atoms with van der Waals surface area (Å²) in [5.74, 6) is 0.519. The molecule has 0 aliphatic rings. The third kappa shape index (κ3) is 3.37. The SMILES string of the molecule is NS(=O)(=O)c1ccc(CNCc2nccs2)o1. The van der Waals surface area contributed by atoms with Gasteiger partial charge in [0.05, 0.1) is 6.54 Å². The molecule has 0 aromatic carbocycles. The third-order valence-corrected chi connectivity index (χ3v) is 3.54. The van der Waals surface area contributed by atoms with Gasteiger partial charge in [-0.2, -0.15) is 0 Å². The van der Waals surface area contributed by atoms with Gasteiger partial charge in [0, 0.05) is 18.1 Å². The summed E-state index contributed by atoms with van der Waals surface area (Å²) in [6.45, 7) is 1.04. The van der Waals surface area contributed by atoms with Crippen LogP contribution < -0.4 is 10.5 Å². The summed E-state index contributed by atoms with van der Waals surface area (Å²) in [5, 5.41) is 10.6. The van der Waals surface area contributed by atoms with Gasteiger partial charge in [-0.15, -0.1) is 11.3 Å². The van der Waals surface area contributed by atoms with Crippen LogP contribution in [0.4, 0.5) is 0 Å². The average molecular weight is 273 g/mol. The van der Waals surface area contributed by atoms with Gasteiger partial charge in [0.1, 0.15) is 10.8 Å². The van der Waals surface area contributed by atoms with E-state index in [4.69, 9.17) is 9.56 Å². The number of sulfonamides is 1. The maximum absolute atomic E-state index is 11.0. The first-order valence-corrected chi connectivity index (χ1v) is 7.19. The van der Waals surface area contributed by atoms with Crippen molar-refractivity contribution < 1.29 is 12.8 Å². The van der Waals surface area contributed by atoms with Crippen LogP contribution in [-0.4, -0.2) is 13.4 Å². The summed E-state index contributed by atoms with van der Waals surface area (Å²) in [6, 6.07) is 2.92. The predicted molar refractivity (Wildman–Crippen MR) is 62.7 cm³/mol. The van der Waals surface area contributed by atoms with Crippen LogP contribution in [-0.2, 0) is 23.1 Å². The molecule has 2 rings (SSSR count). The highest BCUT2D eigenvalue weighted by Crippen LogP contribution is 2.12. The summed E-state index contributed by atoms with van der Waals surface area (Å²) in [5.41, 5.74) is 0. The van der Waals surface area contributed by atoms with Gasteiger partial charge in [-0.1, -0.05) is 0 Å². The molecule has 17 heavy (non-hydrogen) atoms. The minimum absolute atomic E-state index is 0.219. The van der Waals surface area contributed by atoms with E-state index >= 15 is 0 Å². The van der Waals surface area contributed by atoms with Gasteiger partial charge in [0.15, 0.2) is 0 Å². The maximum atomic E-state index is 11.0. The Bertz CT molecular complexity index is 574. The van der Waals surface area contributed by atoms with Crippen LogP contribution in [0.15, 0.2) is 33.2 Å². The number of primary sulfonamides is 1. The summed E-state index contributed by atoms with van der Waals surface area (Å²) >= 11 is 1.55. The molecular weight excluding hydrogens is 262 g/mol. The topological polar surface area (TPSA) is 98.2 Å². The number of hydrogen-bond donors (Lipinski definition) is 2. The van der Waals surface area contributed by atoms with E-state index in [0.29, 0.717) is 18.8 Å². The number of nitrogens with two attached hydrogens (primary N) is 1. The molecule has 92 valence electrons. The Morgan fingerprint density at radius 2 is 2.24 bits per heavy atom. The minimum atomic E-state index is -3.75. The van der Waals surface area contributed by atoms with Crippen molar-refractivity contribution in [3.05, 3.63) is 34.5 Å². The molecular formula is C9H11N3O3S2. The molecule has 2 aromatic heterocycles. The van der Waals surface area contributed by atoms with E-state index in [9.17, 15) is 8.42 Å². The Labute approximate surface area is 103 Å². The standard InChI is InChI=1S/C9H11N3O3S2/c10-17(13,14)9-2-1-7(15-9)5-11-6-8-12-3-4-16-8/h1-4,11H,5-6H2,(H2,10,13,14). The fraction of sp³-hybridized carbons (Fsp3) is 0.222. The van der Waals surface area contributed by atoms with E-state index in [0.717, 1.165) is 5.01 Å². The first-order chi connectivity index (χ1) is 8.05. The first kappa shape index (κ1) is 12.2. The highest BCUT2D eigenvalue weighted by molar-refractivity contribution is 7.89. The molecule has 2 aromatic rings. The number of thiazole rings is 1. The van der Waals surface area contributed by atoms with Crippen molar-refractivity contribution in [1.29, 1.82) is 0 Å². The fourth-order valence-corrected chi connectivity index (χ4v) is 2.31. The molecule has 0 bridgehead atoms. The lowest BCUT2D eigenvalue weighted by Crippen LogP contribution is -2.12. The maximum Gasteiger partial charge on any atom is 0.271 e. The molecule has 0 saturated heterocycles. The van der Waals surface area contributed by atoms with E-state index in [-0.39, 0.29) is 5.09 Å². The molecule has 2 heterocycles. The predicted octanol–water partition coefficient (Wildman–Crippen LogP) is 0.673. The lowest BCUT2D eigenvalue weighted by Gasteiger charge is -1.99. The second-order valence-corrected chi connectivity index (χ2v) is 5.77. The van der Waals surface area contributed by atoms with E-state index in [1.165, 1.54) is 6.07 Å². The molecule has 8 heteroatoms. The fourth-order valence-electron chi connectivity index (χ4n) is 1.24. The van der Waals surface area contributed by atoms with Crippen molar-refractivity contribution >= 4 is 21.4 Å². The summed E-state index contributed by atoms with van der Waals surface area (Å²) in [4.78, 5) is 4.10.